The highest BCUT2D eigenvalue weighted by atomic mass is 16.7. The molecule has 0 bridgehead atoms. The maximum absolute atomic E-state index is 5.48. The Morgan fingerprint density at radius 3 is 2.75 bits per heavy atom. The monoisotopic (exact) mass is 385 g/mol. The minimum atomic E-state index is 0.316. The first kappa shape index (κ1) is 18.7. The van der Waals surface area contributed by atoms with Crippen LogP contribution in [0.3, 0.4) is 0 Å². The second-order valence-corrected chi connectivity index (χ2v) is 7.32. The van der Waals surface area contributed by atoms with Crippen LogP contribution in [0.25, 0.3) is 0 Å². The van der Waals surface area contributed by atoms with Crippen molar-refractivity contribution >= 4 is 11.8 Å². The van der Waals surface area contributed by atoms with Crippen molar-refractivity contribution in [1.82, 2.24) is 25.0 Å². The Labute approximate surface area is 165 Å². The molecule has 1 aromatic heterocycles. The van der Waals surface area contributed by atoms with Crippen LogP contribution < -0.4 is 19.7 Å². The molecule has 1 saturated heterocycles. The molecule has 3 heterocycles. The number of rotatable bonds is 7. The molecule has 2 aromatic rings. The van der Waals surface area contributed by atoms with E-state index in [1.165, 1.54) is 5.56 Å². The van der Waals surface area contributed by atoms with Crippen molar-refractivity contribution in [1.29, 1.82) is 0 Å². The van der Waals surface area contributed by atoms with Crippen molar-refractivity contribution < 1.29 is 9.47 Å². The van der Waals surface area contributed by atoms with Gasteiger partial charge >= 0.3 is 0 Å². The van der Waals surface area contributed by atoms with Crippen molar-refractivity contribution in [2.24, 2.45) is 0 Å². The Morgan fingerprint density at radius 1 is 1.11 bits per heavy atom. The SMILES string of the molecule is CN(C)CCNc1nncc(N2CCN(Cc3ccc4c(c3)OCO4)CC2)n1. The molecule has 9 nitrogen and oxygen atoms in total. The molecule has 1 N–H and O–H groups in total. The van der Waals surface area contributed by atoms with Crippen LogP contribution in [0.5, 0.6) is 11.5 Å². The van der Waals surface area contributed by atoms with E-state index in [0.29, 0.717) is 12.7 Å². The number of hydrogen-bond acceptors (Lipinski definition) is 9. The molecule has 150 valence electrons. The Morgan fingerprint density at radius 2 is 1.93 bits per heavy atom. The first-order valence-electron chi connectivity index (χ1n) is 9.61. The molecular weight excluding hydrogens is 358 g/mol. The third kappa shape index (κ3) is 4.60. The number of piperazine rings is 1. The summed E-state index contributed by atoms with van der Waals surface area (Å²) in [5.41, 5.74) is 1.24. The number of aromatic nitrogens is 3. The number of nitrogens with zero attached hydrogens (tertiary/aromatic N) is 6. The fourth-order valence-corrected chi connectivity index (χ4v) is 3.35. The van der Waals surface area contributed by atoms with Crippen LogP contribution in [0.15, 0.2) is 24.4 Å². The topological polar surface area (TPSA) is 78.9 Å². The van der Waals surface area contributed by atoms with Gasteiger partial charge in [0.15, 0.2) is 17.3 Å². The van der Waals surface area contributed by atoms with Gasteiger partial charge in [-0.3, -0.25) is 4.90 Å². The number of likely N-dealkylation sites (N-methyl/N-ethyl adjacent to an activating group) is 1. The van der Waals surface area contributed by atoms with Gasteiger partial charge in [0.05, 0.1) is 6.20 Å². The highest BCUT2D eigenvalue weighted by molar-refractivity contribution is 5.44. The molecule has 2 aliphatic rings. The third-order valence-corrected chi connectivity index (χ3v) is 4.93. The molecule has 0 aliphatic carbocycles. The van der Waals surface area contributed by atoms with Crippen molar-refractivity contribution in [3.05, 3.63) is 30.0 Å². The van der Waals surface area contributed by atoms with Gasteiger partial charge in [-0.15, -0.1) is 5.10 Å². The summed E-state index contributed by atoms with van der Waals surface area (Å²) in [6, 6.07) is 6.18. The fourth-order valence-electron chi connectivity index (χ4n) is 3.35. The molecule has 4 rings (SSSR count). The lowest BCUT2D eigenvalue weighted by Crippen LogP contribution is -2.46. The van der Waals surface area contributed by atoms with Crippen LogP contribution in [0, 0.1) is 0 Å². The first-order valence-corrected chi connectivity index (χ1v) is 9.61. The van der Waals surface area contributed by atoms with E-state index in [1.807, 2.05) is 20.2 Å². The molecule has 0 atom stereocenters. The number of benzene rings is 1. The van der Waals surface area contributed by atoms with Crippen LogP contribution in [-0.4, -0.2) is 85.1 Å². The summed E-state index contributed by atoms with van der Waals surface area (Å²) in [5.74, 6) is 3.14. The smallest absolute Gasteiger partial charge is 0.244 e. The first-order chi connectivity index (χ1) is 13.7. The van der Waals surface area contributed by atoms with Crippen LogP contribution in [0.2, 0.25) is 0 Å². The van der Waals surface area contributed by atoms with Gasteiger partial charge in [-0.1, -0.05) is 6.07 Å². The van der Waals surface area contributed by atoms with Crippen molar-refractivity contribution in [3.8, 4) is 11.5 Å². The Kier molecular flexibility index (Phi) is 5.73. The number of hydrogen-bond donors (Lipinski definition) is 1. The van der Waals surface area contributed by atoms with E-state index in [0.717, 1.165) is 63.1 Å². The van der Waals surface area contributed by atoms with Crippen LogP contribution in [0.1, 0.15) is 5.56 Å². The highest BCUT2D eigenvalue weighted by Gasteiger charge is 2.20. The maximum atomic E-state index is 5.48. The number of anilines is 2. The number of nitrogens with one attached hydrogen (secondary N) is 1. The van der Waals surface area contributed by atoms with Gasteiger partial charge in [-0.2, -0.15) is 10.1 Å². The summed E-state index contributed by atoms with van der Waals surface area (Å²) in [6.45, 7) is 6.72. The standard InChI is InChI=1S/C19H27N7O2/c1-24(2)6-5-20-19-22-18(12-21-23-19)26-9-7-25(8-10-26)13-15-3-4-16-17(11-15)28-14-27-16/h3-4,11-12H,5-10,13-14H2,1-2H3,(H,20,22,23). The molecule has 9 heteroatoms. The Hall–Kier alpha value is -2.65. The second kappa shape index (κ2) is 8.57. The zero-order valence-corrected chi connectivity index (χ0v) is 16.5. The minimum Gasteiger partial charge on any atom is -0.454 e. The number of fused-ring (bicyclic) bond motifs is 1. The molecule has 0 unspecified atom stereocenters. The lowest BCUT2D eigenvalue weighted by Gasteiger charge is -2.35. The summed E-state index contributed by atoms with van der Waals surface area (Å²) in [6.07, 6.45) is 1.74. The van der Waals surface area contributed by atoms with E-state index < -0.39 is 0 Å². The minimum absolute atomic E-state index is 0.316. The van der Waals surface area contributed by atoms with Gasteiger partial charge in [-0.05, 0) is 31.8 Å². The molecule has 28 heavy (non-hydrogen) atoms. The predicted octanol–water partition coefficient (Wildman–Crippen LogP) is 0.896. The lowest BCUT2D eigenvalue weighted by molar-refractivity contribution is 0.174. The summed E-state index contributed by atoms with van der Waals surface area (Å²) in [4.78, 5) is 11.4. The maximum Gasteiger partial charge on any atom is 0.244 e. The summed E-state index contributed by atoms with van der Waals surface area (Å²) in [5, 5.41) is 11.4. The van der Waals surface area contributed by atoms with Crippen LogP contribution in [0.4, 0.5) is 11.8 Å². The van der Waals surface area contributed by atoms with E-state index >= 15 is 0 Å². The normalized spacial score (nSPS) is 16.6. The van der Waals surface area contributed by atoms with Gasteiger partial charge < -0.3 is 24.6 Å². The molecule has 1 aromatic carbocycles. The average molecular weight is 385 g/mol. The van der Waals surface area contributed by atoms with Crippen molar-refractivity contribution in [2.75, 3.05) is 70.4 Å². The Bertz CT molecular complexity index is 794. The molecule has 0 spiro atoms. The second-order valence-electron chi connectivity index (χ2n) is 7.32. The molecule has 0 saturated carbocycles. The molecule has 0 radical (unpaired) electrons. The van der Waals surface area contributed by atoms with E-state index in [-0.39, 0.29) is 0 Å². The van der Waals surface area contributed by atoms with Crippen LogP contribution in [-0.2, 0) is 6.54 Å². The third-order valence-electron chi connectivity index (χ3n) is 4.93. The Balaban J connectivity index is 1.29. The molecule has 2 aliphatic heterocycles. The summed E-state index contributed by atoms with van der Waals surface area (Å²) < 4.78 is 10.9. The van der Waals surface area contributed by atoms with Crippen molar-refractivity contribution in [2.45, 2.75) is 6.54 Å². The molecule has 0 amide bonds. The summed E-state index contributed by atoms with van der Waals surface area (Å²) >= 11 is 0. The van der Waals surface area contributed by atoms with Gasteiger partial charge in [-0.25, -0.2) is 0 Å². The summed E-state index contributed by atoms with van der Waals surface area (Å²) in [7, 11) is 4.08. The van der Waals surface area contributed by atoms with E-state index in [9.17, 15) is 0 Å². The van der Waals surface area contributed by atoms with Gasteiger partial charge in [0.2, 0.25) is 12.7 Å². The largest absolute Gasteiger partial charge is 0.454 e. The highest BCUT2D eigenvalue weighted by Crippen LogP contribution is 2.32. The van der Waals surface area contributed by atoms with Gasteiger partial charge in [0.25, 0.3) is 0 Å². The quantitative estimate of drug-likeness (QED) is 0.748. The lowest BCUT2D eigenvalue weighted by atomic mass is 10.1. The fraction of sp³-hybridized carbons (Fsp3) is 0.526. The van der Waals surface area contributed by atoms with E-state index in [1.54, 1.807) is 6.20 Å². The molecule has 1 fully saturated rings. The number of ether oxygens (including phenoxy) is 2. The van der Waals surface area contributed by atoms with Crippen LogP contribution >= 0.6 is 0 Å². The van der Waals surface area contributed by atoms with Gasteiger partial charge in [0, 0.05) is 45.8 Å². The van der Waals surface area contributed by atoms with E-state index in [2.05, 4.69) is 47.3 Å². The molecular formula is C19H27N7O2. The van der Waals surface area contributed by atoms with Crippen molar-refractivity contribution in [3.63, 3.8) is 0 Å². The zero-order chi connectivity index (χ0) is 19.3. The zero-order valence-electron chi connectivity index (χ0n) is 16.5. The average Bonchev–Trinajstić information content (AvgIpc) is 3.16. The van der Waals surface area contributed by atoms with E-state index in [4.69, 9.17) is 9.47 Å². The van der Waals surface area contributed by atoms with Gasteiger partial charge in [0.1, 0.15) is 0 Å². The predicted molar refractivity (Wildman–Crippen MR) is 107 cm³/mol.